The molecular formula is C10H19NO4. The van der Waals surface area contributed by atoms with E-state index in [1.165, 1.54) is 26.3 Å². The molecule has 5 nitrogen and oxygen atoms in total. The van der Waals surface area contributed by atoms with Crippen molar-refractivity contribution in [1.29, 1.82) is 0 Å². The first-order valence-corrected chi connectivity index (χ1v) is 4.76. The predicted octanol–water partition coefficient (Wildman–Crippen LogP) is -0.0598. The second kappa shape index (κ2) is 6.55. The van der Waals surface area contributed by atoms with E-state index in [9.17, 15) is 15.0 Å². The fourth-order valence-electron chi connectivity index (χ4n) is 0.884. The molecule has 0 aliphatic carbocycles. The summed E-state index contributed by atoms with van der Waals surface area (Å²) in [4.78, 5) is 15.8. The summed E-state index contributed by atoms with van der Waals surface area (Å²) in [5.74, 6) is -0.465. The van der Waals surface area contributed by atoms with E-state index in [-0.39, 0.29) is 5.92 Å². The Morgan fingerprint density at radius 2 is 1.93 bits per heavy atom. The van der Waals surface area contributed by atoms with Crippen molar-refractivity contribution in [1.82, 2.24) is 5.06 Å². The van der Waals surface area contributed by atoms with E-state index in [1.54, 1.807) is 13.8 Å². The van der Waals surface area contributed by atoms with Crippen molar-refractivity contribution in [2.24, 2.45) is 5.92 Å². The van der Waals surface area contributed by atoms with E-state index >= 15 is 0 Å². The van der Waals surface area contributed by atoms with Gasteiger partial charge in [-0.05, 0) is 12.0 Å². The van der Waals surface area contributed by atoms with Gasteiger partial charge in [-0.25, -0.2) is 5.06 Å². The smallest absolute Gasteiger partial charge is 0.269 e. The monoisotopic (exact) mass is 217 g/mol. The summed E-state index contributed by atoms with van der Waals surface area (Å²) in [5, 5.41) is 19.9. The van der Waals surface area contributed by atoms with Gasteiger partial charge in [0.05, 0.1) is 19.3 Å². The van der Waals surface area contributed by atoms with Gasteiger partial charge in [-0.2, -0.15) is 0 Å². The predicted molar refractivity (Wildman–Crippen MR) is 55.8 cm³/mol. The molecule has 88 valence electrons. The van der Waals surface area contributed by atoms with Crippen LogP contribution in [0.5, 0.6) is 0 Å². The minimum atomic E-state index is -1.04. The first-order chi connectivity index (χ1) is 6.90. The van der Waals surface area contributed by atoms with E-state index in [0.29, 0.717) is 0 Å². The second-order valence-corrected chi connectivity index (χ2v) is 3.60. The molecule has 2 atom stereocenters. The molecule has 0 aliphatic heterocycles. The Morgan fingerprint density at radius 1 is 1.40 bits per heavy atom. The van der Waals surface area contributed by atoms with E-state index < -0.39 is 18.1 Å². The van der Waals surface area contributed by atoms with Gasteiger partial charge in [0.15, 0.2) is 0 Å². The first-order valence-electron chi connectivity index (χ1n) is 4.76. The van der Waals surface area contributed by atoms with Gasteiger partial charge in [-0.1, -0.05) is 13.8 Å². The number of hydrogen-bond acceptors (Lipinski definition) is 4. The van der Waals surface area contributed by atoms with Gasteiger partial charge in [0.2, 0.25) is 0 Å². The highest BCUT2D eigenvalue weighted by molar-refractivity contribution is 5.86. The van der Waals surface area contributed by atoms with E-state index in [4.69, 9.17) is 0 Å². The molecule has 0 saturated heterocycles. The molecule has 0 spiro atoms. The molecule has 15 heavy (non-hydrogen) atoms. The van der Waals surface area contributed by atoms with E-state index in [0.717, 1.165) is 5.06 Å². The highest BCUT2D eigenvalue weighted by Gasteiger charge is 2.17. The van der Waals surface area contributed by atoms with Crippen LogP contribution in [0.1, 0.15) is 13.8 Å². The van der Waals surface area contributed by atoms with Crippen molar-refractivity contribution >= 4 is 5.91 Å². The third-order valence-corrected chi connectivity index (χ3v) is 2.05. The van der Waals surface area contributed by atoms with E-state index in [2.05, 4.69) is 4.84 Å². The van der Waals surface area contributed by atoms with Gasteiger partial charge in [0.1, 0.15) is 0 Å². The van der Waals surface area contributed by atoms with Gasteiger partial charge in [-0.15, -0.1) is 0 Å². The number of hydroxylamine groups is 2. The van der Waals surface area contributed by atoms with Crippen molar-refractivity contribution in [3.8, 4) is 0 Å². The third kappa shape index (κ3) is 4.92. The third-order valence-electron chi connectivity index (χ3n) is 2.05. The van der Waals surface area contributed by atoms with Crippen LogP contribution in [0.4, 0.5) is 0 Å². The minimum absolute atomic E-state index is 0.0695. The summed E-state index contributed by atoms with van der Waals surface area (Å²) in [6.45, 7) is 3.57. The fraction of sp³-hybridized carbons (Fsp3) is 0.700. The number of rotatable bonds is 5. The van der Waals surface area contributed by atoms with Crippen molar-refractivity contribution < 1.29 is 19.8 Å². The Morgan fingerprint density at radius 3 is 2.33 bits per heavy atom. The standard InChI is InChI=1S/C10H19NO4/c1-7(2)10(14)8(12)5-6-9(13)11(3)15-4/h5-8,10,12,14H,1-4H3/b6-5+/t8-,10-/m1/s1. The molecular weight excluding hydrogens is 198 g/mol. The van der Waals surface area contributed by atoms with Crippen LogP contribution in [0.2, 0.25) is 0 Å². The van der Waals surface area contributed by atoms with Crippen LogP contribution in [0.25, 0.3) is 0 Å². The first kappa shape index (κ1) is 14.1. The van der Waals surface area contributed by atoms with Crippen LogP contribution >= 0.6 is 0 Å². The van der Waals surface area contributed by atoms with Gasteiger partial charge in [-0.3, -0.25) is 9.63 Å². The lowest BCUT2D eigenvalue weighted by molar-refractivity contribution is -0.162. The zero-order valence-corrected chi connectivity index (χ0v) is 9.54. The van der Waals surface area contributed by atoms with Crippen LogP contribution in [0.3, 0.4) is 0 Å². The number of aliphatic hydroxyl groups is 2. The second-order valence-electron chi connectivity index (χ2n) is 3.60. The molecule has 0 rings (SSSR count). The highest BCUT2D eigenvalue weighted by atomic mass is 16.7. The van der Waals surface area contributed by atoms with Gasteiger partial charge in [0, 0.05) is 13.1 Å². The molecule has 0 aromatic carbocycles. The van der Waals surface area contributed by atoms with Gasteiger partial charge >= 0.3 is 0 Å². The lowest BCUT2D eigenvalue weighted by atomic mass is 10.0. The quantitative estimate of drug-likeness (QED) is 0.500. The summed E-state index contributed by atoms with van der Waals surface area (Å²) in [6, 6.07) is 0. The van der Waals surface area contributed by atoms with Crippen molar-refractivity contribution in [3.63, 3.8) is 0 Å². The Hall–Kier alpha value is -0.910. The molecule has 0 bridgehead atoms. The molecule has 0 saturated carbocycles. The minimum Gasteiger partial charge on any atom is -0.390 e. The zero-order valence-electron chi connectivity index (χ0n) is 9.54. The summed E-state index contributed by atoms with van der Waals surface area (Å²) in [7, 11) is 2.82. The SMILES string of the molecule is CON(C)C(=O)/C=C/[C@@H](O)[C@H](O)C(C)C. The largest absolute Gasteiger partial charge is 0.390 e. The number of likely N-dealkylation sites (N-methyl/N-ethyl adjacent to an activating group) is 1. The average Bonchev–Trinajstić information content (AvgIpc) is 2.22. The maximum Gasteiger partial charge on any atom is 0.269 e. The molecule has 5 heteroatoms. The van der Waals surface area contributed by atoms with Crippen LogP contribution in [0, 0.1) is 5.92 Å². The topological polar surface area (TPSA) is 70.0 Å². The number of carbonyl (C=O) groups is 1. The van der Waals surface area contributed by atoms with Crippen molar-refractivity contribution in [2.75, 3.05) is 14.2 Å². The van der Waals surface area contributed by atoms with Gasteiger partial charge in [0.25, 0.3) is 5.91 Å². The Bertz CT molecular complexity index is 227. The molecule has 0 unspecified atom stereocenters. The zero-order chi connectivity index (χ0) is 12.0. The van der Waals surface area contributed by atoms with Crippen LogP contribution in [-0.2, 0) is 9.63 Å². The molecule has 0 fully saturated rings. The lowest BCUT2D eigenvalue weighted by Crippen LogP contribution is -2.30. The maximum atomic E-state index is 11.2. The summed E-state index contributed by atoms with van der Waals surface area (Å²) in [5.41, 5.74) is 0. The fourth-order valence-corrected chi connectivity index (χ4v) is 0.884. The molecule has 2 N–H and O–H groups in total. The van der Waals surface area contributed by atoms with E-state index in [1.807, 2.05) is 0 Å². The number of nitrogens with zero attached hydrogens (tertiary/aromatic N) is 1. The highest BCUT2D eigenvalue weighted by Crippen LogP contribution is 2.07. The Kier molecular flexibility index (Phi) is 6.15. The average molecular weight is 217 g/mol. The maximum absolute atomic E-state index is 11.2. The number of hydrogen-bond donors (Lipinski definition) is 2. The summed E-state index contributed by atoms with van der Waals surface area (Å²) < 4.78 is 0. The molecule has 0 aliphatic rings. The van der Waals surface area contributed by atoms with Crippen LogP contribution in [0.15, 0.2) is 12.2 Å². The Labute approximate surface area is 89.9 Å². The number of aliphatic hydroxyl groups excluding tert-OH is 2. The molecule has 0 aromatic rings. The normalized spacial score (nSPS) is 15.7. The van der Waals surface area contributed by atoms with Crippen molar-refractivity contribution in [3.05, 3.63) is 12.2 Å². The number of amides is 1. The molecule has 1 amide bonds. The summed E-state index contributed by atoms with van der Waals surface area (Å²) in [6.07, 6.45) is 0.503. The summed E-state index contributed by atoms with van der Waals surface area (Å²) >= 11 is 0. The van der Waals surface area contributed by atoms with Gasteiger partial charge < -0.3 is 10.2 Å². The Balaban J connectivity index is 4.22. The van der Waals surface area contributed by atoms with Crippen LogP contribution in [-0.4, -0.2) is 47.5 Å². The molecule has 0 aromatic heterocycles. The van der Waals surface area contributed by atoms with Crippen LogP contribution < -0.4 is 0 Å². The number of carbonyl (C=O) groups excluding carboxylic acids is 1. The lowest BCUT2D eigenvalue weighted by Gasteiger charge is -2.18. The van der Waals surface area contributed by atoms with Crippen molar-refractivity contribution in [2.45, 2.75) is 26.1 Å². The molecule has 0 radical (unpaired) electrons. The molecule has 0 heterocycles.